The average molecular weight is 364 g/mol. The first-order valence-electron chi connectivity index (χ1n) is 8.65. The van der Waals surface area contributed by atoms with Gasteiger partial charge in [-0.3, -0.25) is 9.69 Å². The fourth-order valence-electron chi connectivity index (χ4n) is 3.35. The number of carbonyl (C=O) groups excluding carboxylic acids is 1. The zero-order valence-corrected chi connectivity index (χ0v) is 15.5. The lowest BCUT2D eigenvalue weighted by atomic mass is 10.1. The summed E-state index contributed by atoms with van der Waals surface area (Å²) in [6.45, 7) is 0.591. The highest BCUT2D eigenvalue weighted by molar-refractivity contribution is 6.07. The second-order valence-corrected chi connectivity index (χ2v) is 6.34. The van der Waals surface area contributed by atoms with Crippen LogP contribution in [0.15, 0.2) is 42.5 Å². The predicted molar refractivity (Wildman–Crippen MR) is 103 cm³/mol. The molecule has 0 N–H and O–H groups in total. The van der Waals surface area contributed by atoms with Crippen LogP contribution < -0.4 is 19.1 Å². The summed E-state index contributed by atoms with van der Waals surface area (Å²) in [6, 6.07) is 13.0. The number of benzene rings is 2. The van der Waals surface area contributed by atoms with Crippen molar-refractivity contribution >= 4 is 22.6 Å². The van der Waals surface area contributed by atoms with Crippen molar-refractivity contribution in [1.82, 2.24) is 4.98 Å². The number of hydrogen-bond acceptors (Lipinski definition) is 5. The third-order valence-electron chi connectivity index (χ3n) is 4.78. The first kappa shape index (κ1) is 17.1. The Morgan fingerprint density at radius 2 is 1.63 bits per heavy atom. The van der Waals surface area contributed by atoms with Crippen LogP contribution >= 0.6 is 0 Å². The summed E-state index contributed by atoms with van der Waals surface area (Å²) in [5.74, 6) is 2.47. The molecule has 1 amide bonds. The standard InChI is InChI=1S/C21H20N2O4/c1-25-16-5-4-13-8-14-6-7-23(20(14)22-19(13)12-16)21(24)15-9-17(26-2)11-18(10-15)27-3/h4-5,8-12H,6-7H2,1-3H3. The number of amides is 1. The topological polar surface area (TPSA) is 60.9 Å². The summed E-state index contributed by atoms with van der Waals surface area (Å²) in [5.41, 5.74) is 2.37. The third-order valence-corrected chi connectivity index (χ3v) is 4.78. The molecule has 2 aromatic carbocycles. The average Bonchev–Trinajstić information content (AvgIpc) is 3.13. The van der Waals surface area contributed by atoms with Crippen molar-refractivity contribution in [2.45, 2.75) is 6.42 Å². The van der Waals surface area contributed by atoms with E-state index in [1.165, 1.54) is 0 Å². The van der Waals surface area contributed by atoms with Crippen LogP contribution in [0.5, 0.6) is 17.2 Å². The quantitative estimate of drug-likeness (QED) is 0.709. The highest BCUT2D eigenvalue weighted by atomic mass is 16.5. The number of hydrogen-bond donors (Lipinski definition) is 0. The number of rotatable bonds is 4. The van der Waals surface area contributed by atoms with Crippen molar-refractivity contribution in [3.05, 3.63) is 53.6 Å². The Bertz CT molecular complexity index is 1010. The molecular weight excluding hydrogens is 344 g/mol. The Hall–Kier alpha value is -3.28. The van der Waals surface area contributed by atoms with Crippen LogP contribution in [0.2, 0.25) is 0 Å². The van der Waals surface area contributed by atoms with Crippen LogP contribution in [0.25, 0.3) is 10.9 Å². The molecule has 0 unspecified atom stereocenters. The van der Waals surface area contributed by atoms with E-state index < -0.39 is 0 Å². The molecule has 0 atom stereocenters. The van der Waals surface area contributed by atoms with Crippen molar-refractivity contribution in [3.8, 4) is 17.2 Å². The lowest BCUT2D eigenvalue weighted by Gasteiger charge is -2.18. The fraction of sp³-hybridized carbons (Fsp3) is 0.238. The lowest BCUT2D eigenvalue weighted by molar-refractivity contribution is 0.0988. The van der Waals surface area contributed by atoms with E-state index in [-0.39, 0.29) is 5.91 Å². The molecule has 1 aliphatic heterocycles. The molecule has 0 fully saturated rings. The number of nitrogens with zero attached hydrogens (tertiary/aromatic N) is 2. The van der Waals surface area contributed by atoms with Crippen molar-refractivity contribution < 1.29 is 19.0 Å². The van der Waals surface area contributed by atoms with Gasteiger partial charge in [0.2, 0.25) is 0 Å². The molecule has 3 aromatic rings. The minimum Gasteiger partial charge on any atom is -0.497 e. The highest BCUT2D eigenvalue weighted by Crippen LogP contribution is 2.33. The van der Waals surface area contributed by atoms with Crippen molar-refractivity contribution in [1.29, 1.82) is 0 Å². The van der Waals surface area contributed by atoms with E-state index in [4.69, 9.17) is 19.2 Å². The van der Waals surface area contributed by atoms with Gasteiger partial charge < -0.3 is 14.2 Å². The second-order valence-electron chi connectivity index (χ2n) is 6.34. The van der Waals surface area contributed by atoms with Crippen LogP contribution in [0.4, 0.5) is 5.82 Å². The molecule has 0 radical (unpaired) electrons. The summed E-state index contributed by atoms with van der Waals surface area (Å²) in [5, 5.41) is 1.03. The number of ether oxygens (including phenoxy) is 3. The van der Waals surface area contributed by atoms with Gasteiger partial charge in [0, 0.05) is 29.6 Å². The third kappa shape index (κ3) is 3.03. The number of anilines is 1. The van der Waals surface area contributed by atoms with Gasteiger partial charge in [-0.15, -0.1) is 0 Å². The van der Waals surface area contributed by atoms with E-state index in [2.05, 4.69) is 6.07 Å². The normalized spacial score (nSPS) is 12.8. The first-order valence-corrected chi connectivity index (χ1v) is 8.65. The van der Waals surface area contributed by atoms with Gasteiger partial charge in [-0.25, -0.2) is 4.98 Å². The maximum absolute atomic E-state index is 13.2. The van der Waals surface area contributed by atoms with Gasteiger partial charge in [0.1, 0.15) is 23.1 Å². The number of methoxy groups -OCH3 is 3. The Morgan fingerprint density at radius 3 is 2.30 bits per heavy atom. The van der Waals surface area contributed by atoms with E-state index >= 15 is 0 Å². The van der Waals surface area contributed by atoms with E-state index in [0.29, 0.717) is 29.4 Å². The molecule has 0 bridgehead atoms. The van der Waals surface area contributed by atoms with Gasteiger partial charge in [0.05, 0.1) is 26.8 Å². The molecule has 138 valence electrons. The monoisotopic (exact) mass is 364 g/mol. The summed E-state index contributed by atoms with van der Waals surface area (Å²) >= 11 is 0. The van der Waals surface area contributed by atoms with Crippen LogP contribution in [-0.4, -0.2) is 38.8 Å². The van der Waals surface area contributed by atoms with E-state index in [9.17, 15) is 4.79 Å². The van der Waals surface area contributed by atoms with Crippen molar-refractivity contribution in [2.24, 2.45) is 0 Å². The SMILES string of the molecule is COc1cc(OC)cc(C(=O)N2CCc3cc4ccc(OC)cc4nc32)c1. The summed E-state index contributed by atoms with van der Waals surface area (Å²) in [6.07, 6.45) is 0.775. The fourth-order valence-corrected chi connectivity index (χ4v) is 3.35. The molecule has 0 saturated carbocycles. The summed E-state index contributed by atoms with van der Waals surface area (Å²) in [4.78, 5) is 19.6. The largest absolute Gasteiger partial charge is 0.497 e. The van der Waals surface area contributed by atoms with Crippen LogP contribution in [0, 0.1) is 0 Å². The molecule has 4 rings (SSSR count). The summed E-state index contributed by atoms with van der Waals surface area (Å²) < 4.78 is 15.9. The summed E-state index contributed by atoms with van der Waals surface area (Å²) in [7, 11) is 4.76. The maximum atomic E-state index is 13.2. The van der Waals surface area contributed by atoms with Crippen LogP contribution in [0.1, 0.15) is 15.9 Å². The number of fused-ring (bicyclic) bond motifs is 2. The lowest BCUT2D eigenvalue weighted by Crippen LogP contribution is -2.29. The van der Waals surface area contributed by atoms with Crippen LogP contribution in [0.3, 0.4) is 0 Å². The zero-order chi connectivity index (χ0) is 19.0. The van der Waals surface area contributed by atoms with Crippen molar-refractivity contribution in [3.63, 3.8) is 0 Å². The van der Waals surface area contributed by atoms with Gasteiger partial charge in [-0.1, -0.05) is 0 Å². The molecule has 2 heterocycles. The molecule has 27 heavy (non-hydrogen) atoms. The van der Waals surface area contributed by atoms with Gasteiger partial charge in [0.15, 0.2) is 0 Å². The van der Waals surface area contributed by atoms with E-state index in [1.807, 2.05) is 18.2 Å². The van der Waals surface area contributed by atoms with Gasteiger partial charge in [-0.05, 0) is 42.3 Å². The number of pyridine rings is 1. The molecule has 0 spiro atoms. The smallest absolute Gasteiger partial charge is 0.259 e. The van der Waals surface area contributed by atoms with Gasteiger partial charge >= 0.3 is 0 Å². The minimum absolute atomic E-state index is 0.124. The second kappa shape index (κ2) is 6.79. The maximum Gasteiger partial charge on any atom is 0.259 e. The Labute approximate surface area is 157 Å². The number of carbonyl (C=O) groups is 1. The highest BCUT2D eigenvalue weighted by Gasteiger charge is 2.28. The minimum atomic E-state index is -0.124. The number of aromatic nitrogens is 1. The molecular formula is C21H20N2O4. The molecule has 0 saturated heterocycles. The zero-order valence-electron chi connectivity index (χ0n) is 15.5. The molecule has 6 nitrogen and oxygen atoms in total. The Morgan fingerprint density at radius 1 is 0.926 bits per heavy atom. The Balaban J connectivity index is 1.75. The molecule has 1 aromatic heterocycles. The Kier molecular flexibility index (Phi) is 4.32. The first-order chi connectivity index (χ1) is 13.1. The van der Waals surface area contributed by atoms with Crippen LogP contribution in [-0.2, 0) is 6.42 Å². The predicted octanol–water partition coefficient (Wildman–Crippen LogP) is 3.46. The molecule has 1 aliphatic rings. The van der Waals surface area contributed by atoms with Gasteiger partial charge in [-0.2, -0.15) is 0 Å². The van der Waals surface area contributed by atoms with E-state index in [1.54, 1.807) is 44.4 Å². The van der Waals surface area contributed by atoms with Crippen molar-refractivity contribution in [2.75, 3.05) is 32.8 Å². The van der Waals surface area contributed by atoms with E-state index in [0.717, 1.165) is 28.6 Å². The van der Waals surface area contributed by atoms with Gasteiger partial charge in [0.25, 0.3) is 5.91 Å². The molecule has 6 heteroatoms. The molecule has 0 aliphatic carbocycles.